The van der Waals surface area contributed by atoms with E-state index in [2.05, 4.69) is 5.73 Å². The Morgan fingerprint density at radius 2 is 2.08 bits per heavy atom. The minimum atomic E-state index is -0.968. The molecule has 5 nitrogen and oxygen atoms in total. The molecule has 6 heteroatoms. The third-order valence-electron chi connectivity index (χ3n) is 0.939. The van der Waals surface area contributed by atoms with E-state index < -0.39 is 5.97 Å². The van der Waals surface area contributed by atoms with Crippen LogP contribution in [0.2, 0.25) is 0 Å². The van der Waals surface area contributed by atoms with Crippen molar-refractivity contribution in [2.24, 2.45) is 11.5 Å². The van der Waals surface area contributed by atoms with Gasteiger partial charge in [-0.3, -0.25) is 9.59 Å². The zero-order chi connectivity index (χ0) is 10.3. The summed E-state index contributed by atoms with van der Waals surface area (Å²) in [7, 11) is 0. The molecule has 0 aromatic carbocycles. The third kappa shape index (κ3) is 5.83. The lowest BCUT2D eigenvalue weighted by atomic mass is 10.5. The standard InChI is InChI=1S/C5H5NOS.C2H5NO2/c6-5(7)4-2-1-3-8-4;3-1-2(4)5/h1-3H,(H2,6,7);1,3H2,(H,4,5). The van der Waals surface area contributed by atoms with Crippen LogP contribution < -0.4 is 11.5 Å². The minimum Gasteiger partial charge on any atom is -0.480 e. The van der Waals surface area contributed by atoms with Gasteiger partial charge < -0.3 is 16.6 Å². The molecule has 1 rings (SSSR count). The summed E-state index contributed by atoms with van der Waals surface area (Å²) in [6.45, 7) is -0.278. The predicted octanol–water partition coefficient (Wildman–Crippen LogP) is -0.123. The van der Waals surface area contributed by atoms with Gasteiger partial charge in [-0.25, -0.2) is 0 Å². The Morgan fingerprint density at radius 1 is 1.54 bits per heavy atom. The molecule has 0 spiro atoms. The minimum absolute atomic E-state index is 0.278. The second-order valence-electron chi connectivity index (χ2n) is 1.94. The number of carbonyl (C=O) groups excluding carboxylic acids is 1. The van der Waals surface area contributed by atoms with E-state index in [0.717, 1.165) is 0 Å². The monoisotopic (exact) mass is 202 g/mol. The summed E-state index contributed by atoms with van der Waals surface area (Å²) in [6, 6.07) is 3.50. The Morgan fingerprint density at radius 3 is 2.23 bits per heavy atom. The molecule has 0 bridgehead atoms. The highest BCUT2D eigenvalue weighted by Crippen LogP contribution is 2.05. The Balaban J connectivity index is 0.000000252. The van der Waals surface area contributed by atoms with E-state index in [4.69, 9.17) is 10.8 Å². The Hall–Kier alpha value is -1.40. The van der Waals surface area contributed by atoms with Gasteiger partial charge >= 0.3 is 5.97 Å². The maximum atomic E-state index is 10.3. The Labute approximate surface area is 79.0 Å². The first-order valence-electron chi connectivity index (χ1n) is 3.33. The van der Waals surface area contributed by atoms with Crippen molar-refractivity contribution < 1.29 is 14.7 Å². The van der Waals surface area contributed by atoms with Crippen molar-refractivity contribution in [1.82, 2.24) is 0 Å². The fourth-order valence-electron chi connectivity index (χ4n) is 0.419. The maximum Gasteiger partial charge on any atom is 0.317 e. The van der Waals surface area contributed by atoms with E-state index in [9.17, 15) is 9.59 Å². The van der Waals surface area contributed by atoms with Crippen molar-refractivity contribution in [2.75, 3.05) is 6.54 Å². The van der Waals surface area contributed by atoms with Gasteiger partial charge in [-0.15, -0.1) is 11.3 Å². The Kier molecular flexibility index (Phi) is 5.49. The Bertz CT molecular complexity index is 271. The van der Waals surface area contributed by atoms with Gasteiger partial charge in [0.05, 0.1) is 11.4 Å². The van der Waals surface area contributed by atoms with Gasteiger partial charge in [-0.1, -0.05) is 6.07 Å². The number of carboxylic acids is 1. The van der Waals surface area contributed by atoms with Crippen LogP contribution in [0, 0.1) is 0 Å². The van der Waals surface area contributed by atoms with Crippen LogP contribution >= 0.6 is 11.3 Å². The zero-order valence-electron chi connectivity index (χ0n) is 6.77. The highest BCUT2D eigenvalue weighted by atomic mass is 32.1. The fraction of sp³-hybridized carbons (Fsp3) is 0.143. The molecule has 5 N–H and O–H groups in total. The summed E-state index contributed by atoms with van der Waals surface area (Å²) in [5.41, 5.74) is 9.50. The molecule has 0 saturated heterocycles. The van der Waals surface area contributed by atoms with Crippen LogP contribution in [0.15, 0.2) is 17.5 Å². The highest BCUT2D eigenvalue weighted by Gasteiger charge is 1.96. The first-order valence-corrected chi connectivity index (χ1v) is 4.21. The van der Waals surface area contributed by atoms with Crippen LogP contribution in [0.1, 0.15) is 9.67 Å². The van der Waals surface area contributed by atoms with Crippen molar-refractivity contribution in [3.63, 3.8) is 0 Å². The molecule has 0 aliphatic heterocycles. The molecule has 0 radical (unpaired) electrons. The molecule has 1 aromatic heterocycles. The molecule has 0 atom stereocenters. The van der Waals surface area contributed by atoms with Gasteiger partial charge in [0.2, 0.25) is 0 Å². The molecular formula is C7H10N2O3S. The molecule has 13 heavy (non-hydrogen) atoms. The zero-order valence-corrected chi connectivity index (χ0v) is 7.58. The van der Waals surface area contributed by atoms with Crippen molar-refractivity contribution in [3.05, 3.63) is 22.4 Å². The second kappa shape index (κ2) is 6.15. The molecule has 0 saturated carbocycles. The van der Waals surface area contributed by atoms with Crippen LogP contribution in [-0.4, -0.2) is 23.5 Å². The quantitative estimate of drug-likeness (QED) is 0.621. The molecular weight excluding hydrogens is 192 g/mol. The molecule has 0 aliphatic rings. The molecule has 1 aromatic rings. The largest absolute Gasteiger partial charge is 0.480 e. The summed E-state index contributed by atoms with van der Waals surface area (Å²) in [5.74, 6) is -1.31. The highest BCUT2D eigenvalue weighted by molar-refractivity contribution is 7.12. The van der Waals surface area contributed by atoms with E-state index in [1.807, 2.05) is 5.38 Å². The van der Waals surface area contributed by atoms with Crippen LogP contribution in [0.25, 0.3) is 0 Å². The molecule has 0 unspecified atom stereocenters. The van der Waals surface area contributed by atoms with Gasteiger partial charge in [0.15, 0.2) is 0 Å². The van der Waals surface area contributed by atoms with Crippen LogP contribution in [-0.2, 0) is 4.79 Å². The van der Waals surface area contributed by atoms with Gasteiger partial charge in [0.25, 0.3) is 5.91 Å². The number of carbonyl (C=O) groups is 2. The van der Waals surface area contributed by atoms with Gasteiger partial charge in [0.1, 0.15) is 0 Å². The van der Waals surface area contributed by atoms with Crippen molar-refractivity contribution in [2.45, 2.75) is 0 Å². The summed E-state index contributed by atoms with van der Waals surface area (Å²) < 4.78 is 0. The second-order valence-corrected chi connectivity index (χ2v) is 2.89. The number of thiophene rings is 1. The van der Waals surface area contributed by atoms with Crippen molar-refractivity contribution >= 4 is 23.2 Å². The van der Waals surface area contributed by atoms with E-state index in [-0.39, 0.29) is 12.5 Å². The summed E-state index contributed by atoms with van der Waals surface area (Å²) in [6.07, 6.45) is 0. The fourth-order valence-corrected chi connectivity index (χ4v) is 0.996. The number of hydrogen-bond acceptors (Lipinski definition) is 4. The SMILES string of the molecule is NC(=O)c1cccs1.NCC(=O)O. The third-order valence-corrected chi connectivity index (χ3v) is 1.82. The van der Waals surface area contributed by atoms with Gasteiger partial charge in [-0.2, -0.15) is 0 Å². The number of aliphatic carboxylic acids is 1. The lowest BCUT2D eigenvalue weighted by Crippen LogP contribution is -2.10. The number of rotatable bonds is 2. The molecule has 0 aliphatic carbocycles. The van der Waals surface area contributed by atoms with Crippen molar-refractivity contribution in [3.8, 4) is 0 Å². The van der Waals surface area contributed by atoms with Crippen LogP contribution in [0.5, 0.6) is 0 Å². The summed E-state index contributed by atoms with van der Waals surface area (Å²) >= 11 is 1.36. The normalized spacial score (nSPS) is 8.38. The molecule has 1 heterocycles. The van der Waals surface area contributed by atoms with E-state index in [1.165, 1.54) is 11.3 Å². The number of carboxylic acid groups (broad SMARTS) is 1. The average molecular weight is 202 g/mol. The topological polar surface area (TPSA) is 106 Å². The average Bonchev–Trinajstić information content (AvgIpc) is 2.57. The smallest absolute Gasteiger partial charge is 0.317 e. The molecule has 0 fully saturated rings. The van der Waals surface area contributed by atoms with Crippen molar-refractivity contribution in [1.29, 1.82) is 0 Å². The van der Waals surface area contributed by atoms with E-state index in [0.29, 0.717) is 4.88 Å². The first kappa shape index (κ1) is 11.6. The lowest BCUT2D eigenvalue weighted by molar-refractivity contribution is -0.135. The molecule has 72 valence electrons. The van der Waals surface area contributed by atoms with Crippen LogP contribution in [0.4, 0.5) is 0 Å². The number of primary amides is 1. The lowest BCUT2D eigenvalue weighted by Gasteiger charge is -1.80. The summed E-state index contributed by atoms with van der Waals surface area (Å²) in [5, 5.41) is 9.42. The van der Waals surface area contributed by atoms with Gasteiger partial charge in [0, 0.05) is 0 Å². The van der Waals surface area contributed by atoms with Crippen LogP contribution in [0.3, 0.4) is 0 Å². The molecule has 1 amide bonds. The van der Waals surface area contributed by atoms with Gasteiger partial charge in [-0.05, 0) is 11.4 Å². The first-order chi connectivity index (χ1) is 6.07. The number of nitrogens with two attached hydrogens (primary N) is 2. The predicted molar refractivity (Wildman–Crippen MR) is 49.5 cm³/mol. The number of amides is 1. The maximum absolute atomic E-state index is 10.3. The van der Waals surface area contributed by atoms with E-state index in [1.54, 1.807) is 12.1 Å². The summed E-state index contributed by atoms with van der Waals surface area (Å²) in [4.78, 5) is 20.2. The van der Waals surface area contributed by atoms with E-state index >= 15 is 0 Å². The number of hydrogen-bond donors (Lipinski definition) is 3.